The van der Waals surface area contributed by atoms with Gasteiger partial charge in [-0.15, -0.1) is 4.91 Å². The van der Waals surface area contributed by atoms with E-state index in [2.05, 4.69) is 10.2 Å². The molecule has 128 valence electrons. The molecule has 6 heteroatoms. The normalized spacial score (nSPS) is 17.5. The fraction of sp³-hybridized carbons (Fsp3) is 0.211. The highest BCUT2D eigenvalue weighted by molar-refractivity contribution is 6.01. The van der Waals surface area contributed by atoms with Gasteiger partial charge in [-0.3, -0.25) is 5.21 Å². The van der Waals surface area contributed by atoms with Gasteiger partial charge in [0, 0.05) is 5.56 Å². The molecule has 0 fully saturated rings. The summed E-state index contributed by atoms with van der Waals surface area (Å²) in [5.74, 6) is 1.09. The molecule has 2 aromatic rings. The molecule has 0 saturated heterocycles. The third-order valence-corrected chi connectivity index (χ3v) is 4.12. The van der Waals surface area contributed by atoms with Crippen molar-refractivity contribution in [3.05, 3.63) is 82.5 Å². The summed E-state index contributed by atoms with van der Waals surface area (Å²) in [7, 11) is 0. The third-order valence-electron chi connectivity index (χ3n) is 4.12. The van der Waals surface area contributed by atoms with Gasteiger partial charge in [0.1, 0.15) is 17.9 Å². The molecule has 1 aliphatic heterocycles. The Bertz CT molecular complexity index is 812. The molecule has 0 aliphatic carbocycles. The van der Waals surface area contributed by atoms with Gasteiger partial charge in [-0.2, -0.15) is 0 Å². The number of hydrogen-bond acceptors (Lipinski definition) is 6. The van der Waals surface area contributed by atoms with Crippen LogP contribution >= 0.6 is 0 Å². The predicted octanol–water partition coefficient (Wildman–Crippen LogP) is 4.10. The largest absolute Gasteiger partial charge is 0.489 e. The van der Waals surface area contributed by atoms with Crippen molar-refractivity contribution in [3.63, 3.8) is 0 Å². The maximum Gasteiger partial charge on any atom is 0.160 e. The van der Waals surface area contributed by atoms with E-state index in [9.17, 15) is 10.1 Å². The standard InChI is InChI=1S/C19H19N3O3/c1-19(2)17(12-20-23)21-18(22(19)24)15-8-10-16(11-9-15)25-13-14-6-4-3-5-7-14/h3-12,24H,13H2,1-2H3/b17-12+. The Hall–Kier alpha value is -2.99. The Morgan fingerprint density at radius 1 is 1.16 bits per heavy atom. The molecular weight excluding hydrogens is 318 g/mol. The minimum absolute atomic E-state index is 0.370. The number of hydroxylamine groups is 2. The van der Waals surface area contributed by atoms with Crippen LogP contribution in [0.25, 0.3) is 0 Å². The lowest BCUT2D eigenvalue weighted by atomic mass is 10.0. The highest BCUT2D eigenvalue weighted by Crippen LogP contribution is 2.33. The van der Waals surface area contributed by atoms with Crippen molar-refractivity contribution in [2.75, 3.05) is 0 Å². The quantitative estimate of drug-likeness (QED) is 0.833. The Morgan fingerprint density at radius 3 is 2.48 bits per heavy atom. The van der Waals surface area contributed by atoms with Gasteiger partial charge in [0.15, 0.2) is 5.84 Å². The van der Waals surface area contributed by atoms with Crippen LogP contribution in [0.1, 0.15) is 25.0 Å². The van der Waals surface area contributed by atoms with E-state index in [0.29, 0.717) is 18.1 Å². The van der Waals surface area contributed by atoms with Crippen LogP contribution in [0.3, 0.4) is 0 Å². The van der Waals surface area contributed by atoms with Crippen LogP contribution in [-0.2, 0) is 6.61 Å². The molecule has 0 saturated carbocycles. The summed E-state index contributed by atoms with van der Waals surface area (Å²) in [4.78, 5) is 14.8. The van der Waals surface area contributed by atoms with Gasteiger partial charge in [0.05, 0.1) is 11.9 Å². The lowest BCUT2D eigenvalue weighted by molar-refractivity contribution is -0.0684. The first-order chi connectivity index (χ1) is 12.0. The minimum Gasteiger partial charge on any atom is -0.489 e. The highest BCUT2D eigenvalue weighted by Gasteiger charge is 2.39. The summed E-state index contributed by atoms with van der Waals surface area (Å²) in [6.45, 7) is 4.01. The maximum absolute atomic E-state index is 10.5. The van der Waals surface area contributed by atoms with Crippen LogP contribution < -0.4 is 4.74 Å². The van der Waals surface area contributed by atoms with Gasteiger partial charge in [-0.05, 0) is 48.9 Å². The molecule has 0 amide bonds. The molecular formula is C19H19N3O3. The minimum atomic E-state index is -0.814. The van der Waals surface area contributed by atoms with Crippen molar-refractivity contribution in [3.8, 4) is 5.75 Å². The second-order valence-corrected chi connectivity index (χ2v) is 6.22. The Labute approximate surface area is 146 Å². The SMILES string of the molecule is CC1(C)/C(=C\N=O)N=C(c2ccc(OCc3ccccc3)cc2)N1O. The average molecular weight is 337 g/mol. The summed E-state index contributed by atoms with van der Waals surface area (Å²) in [6.07, 6.45) is 1.12. The van der Waals surface area contributed by atoms with E-state index in [1.165, 1.54) is 0 Å². The number of nitrogens with zero attached hydrogens (tertiary/aromatic N) is 3. The number of ether oxygens (including phenoxy) is 1. The van der Waals surface area contributed by atoms with Crippen molar-refractivity contribution in [2.45, 2.75) is 26.0 Å². The summed E-state index contributed by atoms with van der Waals surface area (Å²) in [6, 6.07) is 17.2. The summed E-state index contributed by atoms with van der Waals surface area (Å²) in [5.41, 5.74) is 1.40. The lowest BCUT2D eigenvalue weighted by Gasteiger charge is -2.28. The monoisotopic (exact) mass is 337 g/mol. The fourth-order valence-electron chi connectivity index (χ4n) is 2.54. The first-order valence-electron chi connectivity index (χ1n) is 7.90. The van der Waals surface area contributed by atoms with Gasteiger partial charge < -0.3 is 4.74 Å². The average Bonchev–Trinajstić information content (AvgIpc) is 2.85. The molecule has 0 aromatic heterocycles. The predicted molar refractivity (Wildman–Crippen MR) is 95.3 cm³/mol. The molecule has 0 unspecified atom stereocenters. The molecule has 3 rings (SSSR count). The zero-order valence-corrected chi connectivity index (χ0v) is 14.1. The third kappa shape index (κ3) is 3.44. The first kappa shape index (κ1) is 16.9. The van der Waals surface area contributed by atoms with Crippen molar-refractivity contribution < 1.29 is 9.94 Å². The van der Waals surface area contributed by atoms with Crippen LogP contribution in [-0.4, -0.2) is 21.6 Å². The van der Waals surface area contributed by atoms with Gasteiger partial charge in [0.25, 0.3) is 0 Å². The summed E-state index contributed by atoms with van der Waals surface area (Å²) >= 11 is 0. The summed E-state index contributed by atoms with van der Waals surface area (Å²) < 4.78 is 5.75. The number of amidine groups is 1. The van der Waals surface area contributed by atoms with E-state index in [0.717, 1.165) is 28.1 Å². The molecule has 1 N–H and O–H groups in total. The number of nitroso groups, excluding NO2 is 1. The second-order valence-electron chi connectivity index (χ2n) is 6.22. The van der Waals surface area contributed by atoms with E-state index in [-0.39, 0.29) is 0 Å². The van der Waals surface area contributed by atoms with E-state index in [1.807, 2.05) is 54.6 Å². The van der Waals surface area contributed by atoms with Crippen molar-refractivity contribution in [1.82, 2.24) is 5.06 Å². The lowest BCUT2D eigenvalue weighted by Crippen LogP contribution is -2.41. The van der Waals surface area contributed by atoms with Gasteiger partial charge in [-0.1, -0.05) is 30.3 Å². The second kappa shape index (κ2) is 6.86. The number of hydrogen-bond donors (Lipinski definition) is 1. The molecule has 1 heterocycles. The Morgan fingerprint density at radius 2 is 1.84 bits per heavy atom. The molecule has 1 aliphatic rings. The van der Waals surface area contributed by atoms with Crippen LogP contribution in [0.2, 0.25) is 0 Å². The van der Waals surface area contributed by atoms with Crippen LogP contribution in [0.5, 0.6) is 5.75 Å². The van der Waals surface area contributed by atoms with E-state index in [1.54, 1.807) is 13.8 Å². The van der Waals surface area contributed by atoms with Crippen LogP contribution in [0, 0.1) is 4.91 Å². The van der Waals surface area contributed by atoms with E-state index < -0.39 is 5.54 Å². The molecule has 0 atom stereocenters. The van der Waals surface area contributed by atoms with Gasteiger partial charge in [-0.25, -0.2) is 10.1 Å². The molecule has 0 spiro atoms. The van der Waals surface area contributed by atoms with Crippen molar-refractivity contribution in [1.29, 1.82) is 0 Å². The van der Waals surface area contributed by atoms with Crippen molar-refractivity contribution >= 4 is 5.84 Å². The van der Waals surface area contributed by atoms with E-state index in [4.69, 9.17) is 4.74 Å². The molecule has 6 nitrogen and oxygen atoms in total. The van der Waals surface area contributed by atoms with Gasteiger partial charge >= 0.3 is 0 Å². The Kier molecular flexibility index (Phi) is 4.63. The molecule has 0 bridgehead atoms. The molecule has 25 heavy (non-hydrogen) atoms. The van der Waals surface area contributed by atoms with Crippen LogP contribution in [0.4, 0.5) is 0 Å². The smallest absolute Gasteiger partial charge is 0.160 e. The number of benzene rings is 2. The summed E-state index contributed by atoms with van der Waals surface area (Å²) in [5, 5.41) is 14.2. The Balaban J connectivity index is 1.75. The van der Waals surface area contributed by atoms with Gasteiger partial charge in [0.2, 0.25) is 0 Å². The zero-order chi connectivity index (χ0) is 17.9. The van der Waals surface area contributed by atoms with Crippen LogP contribution in [0.15, 0.2) is 76.7 Å². The van der Waals surface area contributed by atoms with Crippen molar-refractivity contribution in [2.24, 2.45) is 10.2 Å². The topological polar surface area (TPSA) is 74.5 Å². The molecule has 2 aromatic carbocycles. The highest BCUT2D eigenvalue weighted by atomic mass is 16.5. The zero-order valence-electron chi connectivity index (χ0n) is 14.1. The van der Waals surface area contributed by atoms with E-state index >= 15 is 0 Å². The molecule has 0 radical (unpaired) electrons. The first-order valence-corrected chi connectivity index (χ1v) is 7.90. The fourth-order valence-corrected chi connectivity index (χ4v) is 2.54. The maximum atomic E-state index is 10.5. The number of rotatable bonds is 5. The number of aliphatic imine (C=N–C) groups is 1.